The quantitative estimate of drug-likeness (QED) is 0.816. The first-order valence-corrected chi connectivity index (χ1v) is 7.52. The van der Waals surface area contributed by atoms with E-state index in [9.17, 15) is 8.78 Å². The standard InChI is InChI=1S/C17H18F2N2OS/c1-11(13-5-8-16(22-2)15(19)9-13)21-17(23)20-10-12-3-6-14(18)7-4-12/h3-9,11H,10H2,1-2H3,(H2,20,21,23)/t11-/m0/s1. The van der Waals surface area contributed by atoms with Crippen LogP contribution in [-0.4, -0.2) is 12.2 Å². The maximum absolute atomic E-state index is 13.7. The van der Waals surface area contributed by atoms with E-state index >= 15 is 0 Å². The molecule has 0 fully saturated rings. The van der Waals surface area contributed by atoms with Crippen LogP contribution in [0.1, 0.15) is 24.1 Å². The molecule has 6 heteroatoms. The molecule has 0 amide bonds. The van der Waals surface area contributed by atoms with Crippen molar-refractivity contribution in [3.63, 3.8) is 0 Å². The Morgan fingerprint density at radius 1 is 1.17 bits per heavy atom. The van der Waals surface area contributed by atoms with Crippen LogP contribution in [0.25, 0.3) is 0 Å². The fraction of sp³-hybridized carbons (Fsp3) is 0.235. The molecule has 0 heterocycles. The average molecular weight is 336 g/mol. The minimum atomic E-state index is -0.413. The minimum absolute atomic E-state index is 0.163. The lowest BCUT2D eigenvalue weighted by Gasteiger charge is -2.18. The van der Waals surface area contributed by atoms with Gasteiger partial charge in [0.1, 0.15) is 5.82 Å². The van der Waals surface area contributed by atoms with Gasteiger partial charge >= 0.3 is 0 Å². The van der Waals surface area contributed by atoms with E-state index in [1.165, 1.54) is 25.3 Å². The van der Waals surface area contributed by atoms with Crippen molar-refractivity contribution in [3.05, 3.63) is 65.2 Å². The topological polar surface area (TPSA) is 33.3 Å². The summed E-state index contributed by atoms with van der Waals surface area (Å²) < 4.78 is 31.4. The molecule has 1 atom stereocenters. The molecule has 23 heavy (non-hydrogen) atoms. The Kier molecular flexibility index (Phi) is 5.87. The molecule has 0 spiro atoms. The largest absolute Gasteiger partial charge is 0.494 e. The summed E-state index contributed by atoms with van der Waals surface area (Å²) in [6.07, 6.45) is 0. The van der Waals surface area contributed by atoms with Crippen molar-refractivity contribution in [2.75, 3.05) is 7.11 Å². The van der Waals surface area contributed by atoms with Crippen molar-refractivity contribution in [1.29, 1.82) is 0 Å². The van der Waals surface area contributed by atoms with Gasteiger partial charge < -0.3 is 15.4 Å². The van der Waals surface area contributed by atoms with Crippen molar-refractivity contribution < 1.29 is 13.5 Å². The Hall–Kier alpha value is -2.21. The first-order chi connectivity index (χ1) is 11.0. The lowest BCUT2D eigenvalue weighted by molar-refractivity contribution is 0.386. The van der Waals surface area contributed by atoms with E-state index in [4.69, 9.17) is 17.0 Å². The van der Waals surface area contributed by atoms with Crippen molar-refractivity contribution in [3.8, 4) is 5.75 Å². The van der Waals surface area contributed by atoms with Crippen LogP contribution in [0.3, 0.4) is 0 Å². The predicted molar refractivity (Wildman–Crippen MR) is 90.3 cm³/mol. The number of nitrogens with one attached hydrogen (secondary N) is 2. The minimum Gasteiger partial charge on any atom is -0.494 e. The van der Waals surface area contributed by atoms with E-state index < -0.39 is 5.82 Å². The third-order valence-corrected chi connectivity index (χ3v) is 3.65. The molecule has 0 radical (unpaired) electrons. The highest BCUT2D eigenvalue weighted by Crippen LogP contribution is 2.21. The second-order valence-electron chi connectivity index (χ2n) is 5.07. The summed E-state index contributed by atoms with van der Waals surface area (Å²) in [7, 11) is 1.42. The molecule has 2 aromatic carbocycles. The van der Waals surface area contributed by atoms with Crippen LogP contribution >= 0.6 is 12.2 Å². The van der Waals surface area contributed by atoms with Crippen LogP contribution in [0.15, 0.2) is 42.5 Å². The van der Waals surface area contributed by atoms with Gasteiger partial charge in [0.25, 0.3) is 0 Å². The monoisotopic (exact) mass is 336 g/mol. The molecule has 122 valence electrons. The van der Waals surface area contributed by atoms with Gasteiger partial charge in [0.05, 0.1) is 13.2 Å². The van der Waals surface area contributed by atoms with Crippen LogP contribution < -0.4 is 15.4 Å². The summed E-state index contributed by atoms with van der Waals surface area (Å²) in [5.74, 6) is -0.480. The Balaban J connectivity index is 1.89. The number of methoxy groups -OCH3 is 1. The molecule has 0 aliphatic rings. The molecular formula is C17H18F2N2OS. The first-order valence-electron chi connectivity index (χ1n) is 7.12. The third kappa shape index (κ3) is 4.89. The highest BCUT2D eigenvalue weighted by molar-refractivity contribution is 7.80. The summed E-state index contributed by atoms with van der Waals surface area (Å²) >= 11 is 5.22. The molecular weight excluding hydrogens is 318 g/mol. The number of hydrogen-bond acceptors (Lipinski definition) is 2. The van der Waals surface area contributed by atoms with Crippen LogP contribution in [0.2, 0.25) is 0 Å². The van der Waals surface area contributed by atoms with Crippen LogP contribution in [0.5, 0.6) is 5.75 Å². The Labute approximate surface area is 139 Å². The van der Waals surface area contributed by atoms with E-state index in [1.807, 2.05) is 6.92 Å². The zero-order valence-corrected chi connectivity index (χ0v) is 13.7. The summed E-state index contributed by atoms with van der Waals surface area (Å²) in [6, 6.07) is 10.8. The van der Waals surface area contributed by atoms with Gasteiger partial charge in [-0.2, -0.15) is 0 Å². The lowest BCUT2D eigenvalue weighted by atomic mass is 10.1. The molecule has 0 aliphatic carbocycles. The van der Waals surface area contributed by atoms with Gasteiger partial charge in [0.2, 0.25) is 0 Å². The Morgan fingerprint density at radius 2 is 1.87 bits per heavy atom. The Morgan fingerprint density at radius 3 is 2.48 bits per heavy atom. The summed E-state index contributed by atoms with van der Waals surface area (Å²) in [6.45, 7) is 2.36. The summed E-state index contributed by atoms with van der Waals surface area (Å²) in [5, 5.41) is 6.56. The lowest BCUT2D eigenvalue weighted by Crippen LogP contribution is -2.36. The smallest absolute Gasteiger partial charge is 0.167 e. The highest BCUT2D eigenvalue weighted by atomic mass is 32.1. The van der Waals surface area contributed by atoms with Gasteiger partial charge in [-0.05, 0) is 54.5 Å². The summed E-state index contributed by atoms with van der Waals surface area (Å²) in [5.41, 5.74) is 1.67. The fourth-order valence-corrected chi connectivity index (χ4v) is 2.32. The second-order valence-corrected chi connectivity index (χ2v) is 5.48. The second kappa shape index (κ2) is 7.87. The van der Waals surface area contributed by atoms with Crippen molar-refractivity contribution in [2.45, 2.75) is 19.5 Å². The van der Waals surface area contributed by atoms with Crippen molar-refractivity contribution >= 4 is 17.3 Å². The Bertz CT molecular complexity index is 677. The van der Waals surface area contributed by atoms with E-state index in [0.29, 0.717) is 11.7 Å². The molecule has 0 aliphatic heterocycles. The normalized spacial score (nSPS) is 11.7. The van der Waals surface area contributed by atoms with Gasteiger partial charge in [0.15, 0.2) is 16.7 Å². The predicted octanol–water partition coefficient (Wildman–Crippen LogP) is 3.70. The number of thiocarbonyl (C=S) groups is 1. The van der Waals surface area contributed by atoms with E-state index in [2.05, 4.69) is 10.6 Å². The number of rotatable bonds is 5. The molecule has 3 nitrogen and oxygen atoms in total. The van der Waals surface area contributed by atoms with E-state index in [-0.39, 0.29) is 17.6 Å². The molecule has 2 rings (SSSR count). The van der Waals surface area contributed by atoms with Gasteiger partial charge in [0, 0.05) is 6.54 Å². The van der Waals surface area contributed by atoms with Gasteiger partial charge in [-0.25, -0.2) is 8.78 Å². The van der Waals surface area contributed by atoms with Crippen LogP contribution in [0, 0.1) is 11.6 Å². The van der Waals surface area contributed by atoms with Crippen molar-refractivity contribution in [2.24, 2.45) is 0 Å². The third-order valence-electron chi connectivity index (χ3n) is 3.39. The van der Waals surface area contributed by atoms with E-state index in [1.54, 1.807) is 24.3 Å². The molecule has 0 aromatic heterocycles. The van der Waals surface area contributed by atoms with Gasteiger partial charge in [-0.1, -0.05) is 18.2 Å². The highest BCUT2D eigenvalue weighted by Gasteiger charge is 2.10. The van der Waals surface area contributed by atoms with E-state index in [0.717, 1.165) is 11.1 Å². The molecule has 0 saturated carbocycles. The molecule has 0 bridgehead atoms. The van der Waals surface area contributed by atoms with Crippen LogP contribution in [0.4, 0.5) is 8.78 Å². The fourth-order valence-electron chi connectivity index (χ4n) is 2.07. The van der Waals surface area contributed by atoms with Gasteiger partial charge in [-0.15, -0.1) is 0 Å². The first kappa shape index (κ1) is 17.1. The SMILES string of the molecule is COc1ccc([C@H](C)NC(=S)NCc2ccc(F)cc2)cc1F. The molecule has 2 N–H and O–H groups in total. The van der Waals surface area contributed by atoms with Gasteiger partial charge in [-0.3, -0.25) is 0 Å². The van der Waals surface area contributed by atoms with Crippen molar-refractivity contribution in [1.82, 2.24) is 10.6 Å². The number of hydrogen-bond donors (Lipinski definition) is 2. The molecule has 0 unspecified atom stereocenters. The number of benzene rings is 2. The number of halogens is 2. The van der Waals surface area contributed by atoms with Crippen LogP contribution in [-0.2, 0) is 6.54 Å². The molecule has 0 saturated heterocycles. The maximum atomic E-state index is 13.7. The maximum Gasteiger partial charge on any atom is 0.167 e. The zero-order valence-electron chi connectivity index (χ0n) is 12.9. The average Bonchev–Trinajstić information content (AvgIpc) is 2.54. The zero-order chi connectivity index (χ0) is 16.8. The summed E-state index contributed by atoms with van der Waals surface area (Å²) in [4.78, 5) is 0. The number of ether oxygens (including phenoxy) is 1. The molecule has 2 aromatic rings.